The minimum absolute atomic E-state index is 0.287. The summed E-state index contributed by atoms with van der Waals surface area (Å²) in [5, 5.41) is 6.73. The van der Waals surface area contributed by atoms with Crippen LogP contribution >= 0.6 is 11.6 Å². The zero-order chi connectivity index (χ0) is 21.5. The summed E-state index contributed by atoms with van der Waals surface area (Å²) in [5.74, 6) is 0.00563. The number of imidazole rings is 1. The van der Waals surface area contributed by atoms with Gasteiger partial charge in [0.2, 0.25) is 5.95 Å². The van der Waals surface area contributed by atoms with Crippen LogP contribution in [0.15, 0.2) is 84.1 Å². The van der Waals surface area contributed by atoms with E-state index in [9.17, 15) is 9.18 Å². The average Bonchev–Trinajstić information content (AvgIpc) is 3.12. The van der Waals surface area contributed by atoms with Crippen LogP contribution in [0.4, 0.5) is 16.0 Å². The summed E-state index contributed by atoms with van der Waals surface area (Å²) >= 11 is 6.30. The number of halogens is 2. The molecule has 0 bridgehead atoms. The molecular weight excluding hydrogens is 415 g/mol. The second kappa shape index (κ2) is 7.56. The van der Waals surface area contributed by atoms with Gasteiger partial charge in [-0.3, -0.25) is 9.36 Å². The number of amides is 1. The number of para-hydroxylation sites is 2. The third-order valence-corrected chi connectivity index (χ3v) is 5.58. The first-order chi connectivity index (χ1) is 15.0. The topological polar surface area (TPSA) is 59.0 Å². The van der Waals surface area contributed by atoms with Crippen molar-refractivity contribution in [2.24, 2.45) is 0 Å². The number of carbonyl (C=O) groups excluding carboxylic acids is 1. The lowest BCUT2D eigenvalue weighted by atomic mass is 9.94. The van der Waals surface area contributed by atoms with E-state index in [1.165, 1.54) is 24.3 Å². The standard InChI is InChI=1S/C24H18ClFN4O/c1-14-21(23(31)28-18-11-9-17(26)10-12-18)22(15-5-4-6-16(25)13-15)30-20-8-3-2-7-19(20)29-24(30)27-14/h2-13,22H,1H3,(H,27,29)(H,28,31). The van der Waals surface area contributed by atoms with Crippen LogP contribution in [-0.2, 0) is 4.79 Å². The Bertz CT molecular complexity index is 1340. The number of aromatic nitrogens is 2. The summed E-state index contributed by atoms with van der Waals surface area (Å²) < 4.78 is 15.3. The maximum Gasteiger partial charge on any atom is 0.255 e. The van der Waals surface area contributed by atoms with Gasteiger partial charge in [0.25, 0.3) is 5.91 Å². The first-order valence-corrected chi connectivity index (χ1v) is 10.2. The zero-order valence-corrected chi connectivity index (χ0v) is 17.3. The molecule has 0 saturated heterocycles. The molecule has 0 fully saturated rings. The van der Waals surface area contributed by atoms with Gasteiger partial charge in [0.05, 0.1) is 22.6 Å². The van der Waals surface area contributed by atoms with Crippen LogP contribution in [0.3, 0.4) is 0 Å². The van der Waals surface area contributed by atoms with Gasteiger partial charge >= 0.3 is 0 Å². The molecule has 0 radical (unpaired) electrons. The lowest BCUT2D eigenvalue weighted by molar-refractivity contribution is -0.113. The van der Waals surface area contributed by atoms with Gasteiger partial charge in [-0.2, -0.15) is 0 Å². The van der Waals surface area contributed by atoms with E-state index in [-0.39, 0.29) is 11.7 Å². The molecule has 0 spiro atoms. The number of nitrogens with zero attached hydrogens (tertiary/aromatic N) is 2. The smallest absolute Gasteiger partial charge is 0.255 e. The van der Waals surface area contributed by atoms with Crippen LogP contribution in [0, 0.1) is 5.82 Å². The summed E-state index contributed by atoms with van der Waals surface area (Å²) in [6, 6.07) is 20.5. The van der Waals surface area contributed by atoms with Crippen LogP contribution in [-0.4, -0.2) is 15.5 Å². The Labute approximate surface area is 183 Å². The van der Waals surface area contributed by atoms with Gasteiger partial charge in [-0.05, 0) is 61.0 Å². The largest absolute Gasteiger partial charge is 0.329 e. The van der Waals surface area contributed by atoms with Crippen molar-refractivity contribution in [3.8, 4) is 0 Å². The Balaban J connectivity index is 1.66. The van der Waals surface area contributed by atoms with Crippen LogP contribution in [0.25, 0.3) is 11.0 Å². The quantitative estimate of drug-likeness (QED) is 0.433. The first kappa shape index (κ1) is 19.3. The minimum Gasteiger partial charge on any atom is -0.329 e. The number of rotatable bonds is 3. The monoisotopic (exact) mass is 432 g/mol. The molecule has 31 heavy (non-hydrogen) atoms. The van der Waals surface area contributed by atoms with E-state index < -0.39 is 6.04 Å². The average molecular weight is 433 g/mol. The van der Waals surface area contributed by atoms with Gasteiger partial charge in [0.15, 0.2) is 0 Å². The number of fused-ring (bicyclic) bond motifs is 3. The number of anilines is 2. The minimum atomic E-state index is -0.442. The molecule has 7 heteroatoms. The number of hydrogen-bond donors (Lipinski definition) is 2. The summed E-state index contributed by atoms with van der Waals surface area (Å²) in [5.41, 5.74) is 4.31. The van der Waals surface area contributed by atoms with Gasteiger partial charge in [-0.25, -0.2) is 9.37 Å². The number of carbonyl (C=O) groups is 1. The summed E-state index contributed by atoms with van der Waals surface area (Å²) in [6.45, 7) is 1.85. The molecule has 3 aromatic carbocycles. The Morgan fingerprint density at radius 3 is 2.65 bits per heavy atom. The van der Waals surface area contributed by atoms with Crippen molar-refractivity contribution in [1.82, 2.24) is 9.55 Å². The molecule has 5 rings (SSSR count). The zero-order valence-electron chi connectivity index (χ0n) is 16.6. The van der Waals surface area contributed by atoms with E-state index in [0.717, 1.165) is 16.6 Å². The highest BCUT2D eigenvalue weighted by Crippen LogP contribution is 2.40. The van der Waals surface area contributed by atoms with Gasteiger partial charge < -0.3 is 10.6 Å². The van der Waals surface area contributed by atoms with Crippen molar-refractivity contribution in [1.29, 1.82) is 0 Å². The normalized spacial score (nSPS) is 15.5. The Kier molecular flexibility index (Phi) is 4.71. The lowest BCUT2D eigenvalue weighted by Gasteiger charge is -2.30. The molecule has 0 saturated carbocycles. The molecule has 5 nitrogen and oxygen atoms in total. The molecule has 1 aliphatic rings. The lowest BCUT2D eigenvalue weighted by Crippen LogP contribution is -2.30. The number of hydrogen-bond acceptors (Lipinski definition) is 3. The fourth-order valence-electron chi connectivity index (χ4n) is 3.98. The highest BCUT2D eigenvalue weighted by atomic mass is 35.5. The molecule has 1 atom stereocenters. The van der Waals surface area contributed by atoms with Crippen molar-refractivity contribution >= 4 is 40.2 Å². The van der Waals surface area contributed by atoms with E-state index in [2.05, 4.69) is 10.6 Å². The summed E-state index contributed by atoms with van der Waals surface area (Å²) in [6.07, 6.45) is 0. The Morgan fingerprint density at radius 1 is 1.10 bits per heavy atom. The molecule has 1 aliphatic heterocycles. The van der Waals surface area contributed by atoms with E-state index in [1.807, 2.05) is 54.0 Å². The van der Waals surface area contributed by atoms with Crippen LogP contribution in [0.5, 0.6) is 0 Å². The number of benzene rings is 3. The molecular formula is C24H18ClFN4O. The number of allylic oxidation sites excluding steroid dienone is 1. The summed E-state index contributed by atoms with van der Waals surface area (Å²) in [4.78, 5) is 18.1. The predicted octanol–water partition coefficient (Wildman–Crippen LogP) is 5.76. The molecule has 0 aliphatic carbocycles. The van der Waals surface area contributed by atoms with E-state index in [4.69, 9.17) is 16.6 Å². The first-order valence-electron chi connectivity index (χ1n) is 9.78. The molecule has 1 amide bonds. The SMILES string of the molecule is CC1=C(C(=O)Nc2ccc(F)cc2)C(c2cccc(Cl)c2)n2c(nc3ccccc32)N1. The Hall–Kier alpha value is -3.64. The van der Waals surface area contributed by atoms with Crippen LogP contribution in [0.1, 0.15) is 18.5 Å². The van der Waals surface area contributed by atoms with E-state index >= 15 is 0 Å². The fourth-order valence-corrected chi connectivity index (χ4v) is 4.18. The predicted molar refractivity (Wildman–Crippen MR) is 121 cm³/mol. The van der Waals surface area contributed by atoms with Gasteiger partial charge in [0, 0.05) is 16.4 Å². The maximum atomic E-state index is 13.4. The van der Waals surface area contributed by atoms with Crippen molar-refractivity contribution in [3.05, 3.63) is 100 Å². The third kappa shape index (κ3) is 3.45. The Morgan fingerprint density at radius 2 is 1.87 bits per heavy atom. The molecule has 2 N–H and O–H groups in total. The molecule has 4 aromatic rings. The van der Waals surface area contributed by atoms with Crippen LogP contribution in [0.2, 0.25) is 5.02 Å². The molecule has 1 unspecified atom stereocenters. The van der Waals surface area contributed by atoms with Crippen molar-refractivity contribution < 1.29 is 9.18 Å². The fraction of sp³-hybridized carbons (Fsp3) is 0.0833. The highest BCUT2D eigenvalue weighted by molar-refractivity contribution is 6.30. The maximum absolute atomic E-state index is 13.4. The van der Waals surface area contributed by atoms with Gasteiger partial charge in [-0.15, -0.1) is 0 Å². The highest BCUT2D eigenvalue weighted by Gasteiger charge is 2.34. The van der Waals surface area contributed by atoms with Crippen LogP contribution < -0.4 is 10.6 Å². The second-order valence-corrected chi connectivity index (χ2v) is 7.81. The molecule has 154 valence electrons. The third-order valence-electron chi connectivity index (χ3n) is 5.34. The van der Waals surface area contributed by atoms with E-state index in [1.54, 1.807) is 6.07 Å². The molecule has 2 heterocycles. The van der Waals surface area contributed by atoms with Gasteiger partial charge in [0.1, 0.15) is 5.82 Å². The second-order valence-electron chi connectivity index (χ2n) is 7.38. The van der Waals surface area contributed by atoms with Crippen molar-refractivity contribution in [2.75, 3.05) is 10.6 Å². The van der Waals surface area contributed by atoms with E-state index in [0.29, 0.717) is 27.9 Å². The number of nitrogens with one attached hydrogen (secondary N) is 2. The van der Waals surface area contributed by atoms with Crippen molar-refractivity contribution in [2.45, 2.75) is 13.0 Å². The van der Waals surface area contributed by atoms with Crippen molar-refractivity contribution in [3.63, 3.8) is 0 Å². The molecule has 1 aromatic heterocycles. The summed E-state index contributed by atoms with van der Waals surface area (Å²) in [7, 11) is 0. The van der Waals surface area contributed by atoms with Gasteiger partial charge in [-0.1, -0.05) is 35.9 Å².